The minimum absolute atomic E-state index is 0.0382. The highest BCUT2D eigenvalue weighted by molar-refractivity contribution is 5.95. The van der Waals surface area contributed by atoms with Gasteiger partial charge in [-0.25, -0.2) is 28.3 Å². The quantitative estimate of drug-likeness (QED) is 0.339. The van der Waals surface area contributed by atoms with Crippen LogP contribution in [-0.2, 0) is 9.47 Å². The van der Waals surface area contributed by atoms with Gasteiger partial charge in [0.05, 0.1) is 29.9 Å². The Bertz CT molecular complexity index is 1550. The summed E-state index contributed by atoms with van der Waals surface area (Å²) in [6.07, 6.45) is 1.05. The molecule has 9 nitrogen and oxygen atoms in total. The molecular weight excluding hydrogens is 484 g/mol. The fourth-order valence-electron chi connectivity index (χ4n) is 4.32. The smallest absolute Gasteiger partial charge is 0.408 e. The summed E-state index contributed by atoms with van der Waals surface area (Å²) in [7, 11) is 1.23. The van der Waals surface area contributed by atoms with Gasteiger partial charge in [0.25, 0.3) is 0 Å². The molecule has 0 spiro atoms. The molecule has 1 aliphatic rings. The number of hydrogen-bond donors (Lipinski definition) is 2. The summed E-state index contributed by atoms with van der Waals surface area (Å²) in [5, 5.41) is 3.09. The Morgan fingerprint density at radius 1 is 1.14 bits per heavy atom. The summed E-state index contributed by atoms with van der Waals surface area (Å²) in [5.74, 6) is -1.37. The number of esters is 1. The topological polar surface area (TPSA) is 111 Å². The van der Waals surface area contributed by atoms with E-state index in [1.807, 2.05) is 0 Å². The minimum atomic E-state index is -0.757. The Hall–Kier alpha value is -4.02. The SMILES string of the molecule is COC(=O)c1cc(F)c2c(c1)nc(-c1cc3cc(F)c([C@@H](C)NC(=O)OC(C)(C)C)nc3[nH]1)n2C1CC1. The number of nitrogens with zero attached hydrogens (tertiary/aromatic N) is 3. The predicted octanol–water partition coefficient (Wildman–Crippen LogP) is 5.57. The number of fused-ring (bicyclic) bond motifs is 2. The Labute approximate surface area is 211 Å². The van der Waals surface area contributed by atoms with Crippen LogP contribution in [0.3, 0.4) is 0 Å². The van der Waals surface area contributed by atoms with Crippen LogP contribution in [-0.4, -0.2) is 44.3 Å². The predicted molar refractivity (Wildman–Crippen MR) is 132 cm³/mol. The van der Waals surface area contributed by atoms with Gasteiger partial charge < -0.3 is 24.3 Å². The van der Waals surface area contributed by atoms with Crippen molar-refractivity contribution in [3.63, 3.8) is 0 Å². The number of carbonyl (C=O) groups excluding carboxylic acids is 2. The van der Waals surface area contributed by atoms with Gasteiger partial charge in [-0.05, 0) is 64.8 Å². The Morgan fingerprint density at radius 3 is 2.51 bits per heavy atom. The fraction of sp³-hybridized carbons (Fsp3) is 0.385. The van der Waals surface area contributed by atoms with Crippen molar-refractivity contribution in [3.8, 4) is 11.5 Å². The van der Waals surface area contributed by atoms with E-state index in [1.165, 1.54) is 19.2 Å². The lowest BCUT2D eigenvalue weighted by Gasteiger charge is -2.21. The minimum Gasteiger partial charge on any atom is -0.465 e. The van der Waals surface area contributed by atoms with Crippen molar-refractivity contribution < 1.29 is 27.8 Å². The largest absolute Gasteiger partial charge is 0.465 e. The van der Waals surface area contributed by atoms with E-state index >= 15 is 4.39 Å². The van der Waals surface area contributed by atoms with Crippen LogP contribution >= 0.6 is 0 Å². The van der Waals surface area contributed by atoms with Gasteiger partial charge in [0.1, 0.15) is 34.1 Å². The number of pyridine rings is 1. The van der Waals surface area contributed by atoms with Gasteiger partial charge in [-0.3, -0.25) is 0 Å². The average Bonchev–Trinajstić information content (AvgIpc) is 3.44. The van der Waals surface area contributed by atoms with E-state index in [2.05, 4.69) is 20.3 Å². The van der Waals surface area contributed by atoms with Gasteiger partial charge in [-0.2, -0.15) is 0 Å². The van der Waals surface area contributed by atoms with Crippen molar-refractivity contribution >= 4 is 34.1 Å². The third-order valence-corrected chi connectivity index (χ3v) is 6.04. The first kappa shape index (κ1) is 24.7. The number of carbonyl (C=O) groups is 2. The van der Waals surface area contributed by atoms with Crippen LogP contribution in [0, 0.1) is 11.6 Å². The molecule has 2 N–H and O–H groups in total. The van der Waals surface area contributed by atoms with Crippen LogP contribution in [0.4, 0.5) is 13.6 Å². The number of aromatic nitrogens is 4. The molecule has 1 atom stereocenters. The second-order valence-corrected chi connectivity index (χ2v) is 10.2. The number of imidazole rings is 1. The Morgan fingerprint density at radius 2 is 1.86 bits per heavy atom. The molecule has 4 aromatic rings. The van der Waals surface area contributed by atoms with E-state index in [9.17, 15) is 14.0 Å². The van der Waals surface area contributed by atoms with Crippen LogP contribution in [0.1, 0.15) is 68.7 Å². The summed E-state index contributed by atoms with van der Waals surface area (Å²) in [6.45, 7) is 6.82. The zero-order chi connectivity index (χ0) is 26.6. The molecule has 1 amide bonds. The van der Waals surface area contributed by atoms with Crippen LogP contribution in [0.15, 0.2) is 24.3 Å². The number of hydrogen-bond acceptors (Lipinski definition) is 6. The van der Waals surface area contributed by atoms with Crippen LogP contribution < -0.4 is 5.32 Å². The summed E-state index contributed by atoms with van der Waals surface area (Å²) < 4.78 is 41.9. The first-order valence-corrected chi connectivity index (χ1v) is 11.9. The summed E-state index contributed by atoms with van der Waals surface area (Å²) in [6, 6.07) is 4.96. The first-order valence-electron chi connectivity index (χ1n) is 11.9. The standard InChI is InChI=1S/C26H27F2N5O4/c1-12(29-25(35)37-26(2,3)4)20-16(27)8-13-10-19(30-22(13)32-20)23-31-18-11-14(24(34)36-5)9-17(28)21(18)33(23)15-6-7-15/h8-12,15H,6-7H2,1-5H3,(H,29,35)(H,30,32)/t12-/m1/s1. The summed E-state index contributed by atoms with van der Waals surface area (Å²) in [5.41, 5.74) is 0.920. The normalized spacial score (nSPS) is 14.7. The molecule has 3 heterocycles. The second-order valence-electron chi connectivity index (χ2n) is 10.2. The fourth-order valence-corrected chi connectivity index (χ4v) is 4.32. The molecular formula is C26H27F2N5O4. The van der Waals surface area contributed by atoms with Crippen molar-refractivity contribution in [2.45, 2.75) is 58.2 Å². The number of aromatic amines is 1. The highest BCUT2D eigenvalue weighted by atomic mass is 19.1. The average molecular weight is 512 g/mol. The number of amides is 1. The first-order chi connectivity index (χ1) is 17.4. The molecule has 5 rings (SSSR count). The highest BCUT2D eigenvalue weighted by Gasteiger charge is 2.31. The molecule has 11 heteroatoms. The molecule has 194 valence electrons. The van der Waals surface area contributed by atoms with E-state index in [1.54, 1.807) is 38.3 Å². The van der Waals surface area contributed by atoms with Gasteiger partial charge in [0.15, 0.2) is 5.82 Å². The monoisotopic (exact) mass is 511 g/mol. The third-order valence-electron chi connectivity index (χ3n) is 6.04. The van der Waals surface area contributed by atoms with Crippen molar-refractivity contribution in [1.29, 1.82) is 0 Å². The number of H-pyrrole nitrogens is 1. The van der Waals surface area contributed by atoms with Gasteiger partial charge >= 0.3 is 12.1 Å². The number of nitrogens with one attached hydrogen (secondary N) is 2. The third kappa shape index (κ3) is 4.73. The van der Waals surface area contributed by atoms with E-state index in [0.717, 1.165) is 18.9 Å². The number of benzene rings is 1. The Kier molecular flexibility index (Phi) is 5.88. The zero-order valence-corrected chi connectivity index (χ0v) is 21.1. The number of halogens is 2. The molecule has 0 aliphatic heterocycles. The van der Waals surface area contributed by atoms with Crippen molar-refractivity contribution in [2.24, 2.45) is 0 Å². The number of methoxy groups -OCH3 is 1. The van der Waals surface area contributed by atoms with Crippen molar-refractivity contribution in [1.82, 2.24) is 24.8 Å². The van der Waals surface area contributed by atoms with Gasteiger partial charge in [0.2, 0.25) is 0 Å². The van der Waals surface area contributed by atoms with Crippen molar-refractivity contribution in [2.75, 3.05) is 7.11 Å². The van der Waals surface area contributed by atoms with Crippen LogP contribution in [0.5, 0.6) is 0 Å². The van der Waals surface area contributed by atoms with E-state index in [-0.39, 0.29) is 17.3 Å². The Balaban J connectivity index is 1.55. The van der Waals surface area contributed by atoms with E-state index < -0.39 is 35.3 Å². The molecule has 37 heavy (non-hydrogen) atoms. The number of ether oxygens (including phenoxy) is 2. The molecule has 1 fully saturated rings. The molecule has 0 bridgehead atoms. The molecule has 0 saturated heterocycles. The van der Waals surface area contributed by atoms with Gasteiger partial charge in [-0.15, -0.1) is 0 Å². The molecule has 0 radical (unpaired) electrons. The molecule has 0 unspecified atom stereocenters. The summed E-state index contributed by atoms with van der Waals surface area (Å²) in [4.78, 5) is 36.3. The van der Waals surface area contributed by atoms with Crippen molar-refractivity contribution in [3.05, 3.63) is 47.2 Å². The van der Waals surface area contributed by atoms with E-state index in [4.69, 9.17) is 9.47 Å². The maximum absolute atomic E-state index is 15.1. The molecule has 3 aromatic heterocycles. The van der Waals surface area contributed by atoms with Crippen LogP contribution in [0.2, 0.25) is 0 Å². The maximum atomic E-state index is 15.1. The second kappa shape index (κ2) is 8.82. The lowest BCUT2D eigenvalue weighted by Crippen LogP contribution is -2.34. The van der Waals surface area contributed by atoms with E-state index in [0.29, 0.717) is 33.6 Å². The highest BCUT2D eigenvalue weighted by Crippen LogP contribution is 2.42. The molecule has 1 aromatic carbocycles. The lowest BCUT2D eigenvalue weighted by atomic mass is 10.2. The van der Waals surface area contributed by atoms with Crippen LogP contribution in [0.25, 0.3) is 33.6 Å². The maximum Gasteiger partial charge on any atom is 0.408 e. The molecule has 1 aliphatic carbocycles. The summed E-state index contributed by atoms with van der Waals surface area (Å²) >= 11 is 0. The zero-order valence-electron chi connectivity index (χ0n) is 21.1. The molecule has 1 saturated carbocycles. The van der Waals surface area contributed by atoms with Gasteiger partial charge in [-0.1, -0.05) is 0 Å². The number of rotatable bonds is 5. The lowest BCUT2D eigenvalue weighted by molar-refractivity contribution is 0.0505. The van der Waals surface area contributed by atoms with Gasteiger partial charge in [0, 0.05) is 11.4 Å². The number of alkyl carbamates (subject to hydrolysis) is 1.